The highest BCUT2D eigenvalue weighted by Gasteiger charge is 2.36. The first-order valence-electron chi connectivity index (χ1n) is 11.0. The Morgan fingerprint density at radius 3 is 2.34 bits per heavy atom. The van der Waals surface area contributed by atoms with Gasteiger partial charge in [-0.1, -0.05) is 36.4 Å². The number of anilines is 1. The Bertz CT molecular complexity index is 1570. The number of carbonyl (C=O) groups is 1. The third-order valence-electron chi connectivity index (χ3n) is 6.12. The summed E-state index contributed by atoms with van der Waals surface area (Å²) in [4.78, 5) is 12.7. The lowest BCUT2D eigenvalue weighted by atomic mass is 10.1. The van der Waals surface area contributed by atoms with E-state index in [0.717, 1.165) is 16.9 Å². The van der Waals surface area contributed by atoms with Gasteiger partial charge in [-0.2, -0.15) is 5.10 Å². The minimum absolute atomic E-state index is 0.102. The number of fused-ring (bicyclic) bond motifs is 3. The second kappa shape index (κ2) is 8.56. The Morgan fingerprint density at radius 1 is 0.971 bits per heavy atom. The van der Waals surface area contributed by atoms with E-state index in [9.17, 15) is 13.2 Å². The third kappa shape index (κ3) is 3.81. The zero-order valence-corrected chi connectivity index (χ0v) is 20.3. The van der Waals surface area contributed by atoms with Crippen LogP contribution in [0.3, 0.4) is 0 Å². The van der Waals surface area contributed by atoms with Crippen LogP contribution in [0.4, 0.5) is 5.69 Å². The van der Waals surface area contributed by atoms with Crippen molar-refractivity contribution in [2.45, 2.75) is 11.8 Å². The van der Waals surface area contributed by atoms with E-state index in [1.54, 1.807) is 67.4 Å². The van der Waals surface area contributed by atoms with Gasteiger partial charge in [-0.15, -0.1) is 0 Å². The fraction of sp³-hybridized carbons (Fsp3) is 0.111. The number of nitrogens with zero attached hydrogens (tertiary/aromatic N) is 3. The summed E-state index contributed by atoms with van der Waals surface area (Å²) in [6.45, 7) is 1.85. The highest BCUT2D eigenvalue weighted by Crippen LogP contribution is 2.43. The number of hydrogen-bond acceptors (Lipinski definition) is 5. The maximum absolute atomic E-state index is 13.0. The number of hydrogen-bond donors (Lipinski definition) is 0. The van der Waals surface area contributed by atoms with Gasteiger partial charge in [0.25, 0.3) is 10.0 Å². The molecule has 0 N–H and O–H groups in total. The molecule has 0 saturated heterocycles. The number of ketones is 1. The molecule has 0 amide bonds. The van der Waals surface area contributed by atoms with E-state index >= 15 is 0 Å². The summed E-state index contributed by atoms with van der Waals surface area (Å²) in [6.07, 6.45) is 3.29. The molecular weight excluding hydrogens is 462 g/mol. The molecule has 2 heterocycles. The van der Waals surface area contributed by atoms with Crippen LogP contribution in [-0.4, -0.2) is 38.1 Å². The Kier molecular flexibility index (Phi) is 5.53. The lowest BCUT2D eigenvalue weighted by Gasteiger charge is -2.26. The standard InChI is InChI=1S/C27H23N3O4S/c1-18-27-26(23-6-4-5-7-25(23)35(32,33)29(27)2)28-30(18)21-13-8-19(9-14-21)10-17-24(31)20-11-15-22(34-3)16-12-20/h4-17H,1-3H3/b17-10+. The fourth-order valence-corrected chi connectivity index (χ4v) is 5.66. The van der Waals surface area contributed by atoms with Crippen molar-refractivity contribution in [3.05, 3.63) is 95.7 Å². The number of methoxy groups -OCH3 is 1. The van der Waals surface area contributed by atoms with E-state index in [4.69, 9.17) is 9.84 Å². The van der Waals surface area contributed by atoms with Crippen molar-refractivity contribution in [3.63, 3.8) is 0 Å². The SMILES string of the molecule is COc1ccc(C(=O)/C=C/c2ccc(-n3nc4c(c3C)N(C)S(=O)(=O)c3ccccc3-4)cc2)cc1. The number of rotatable bonds is 5. The Morgan fingerprint density at radius 2 is 1.66 bits per heavy atom. The van der Waals surface area contributed by atoms with Gasteiger partial charge < -0.3 is 4.74 Å². The summed E-state index contributed by atoms with van der Waals surface area (Å²) in [5.74, 6) is 0.597. The van der Waals surface area contributed by atoms with Gasteiger partial charge in [-0.25, -0.2) is 13.1 Å². The van der Waals surface area contributed by atoms with E-state index < -0.39 is 10.0 Å². The molecule has 1 aliphatic heterocycles. The number of carbonyl (C=O) groups excluding carboxylic acids is 1. The van der Waals surface area contributed by atoms with Crippen molar-refractivity contribution in [1.82, 2.24) is 9.78 Å². The molecule has 0 fully saturated rings. The second-order valence-corrected chi connectivity index (χ2v) is 10.1. The molecule has 0 bridgehead atoms. The van der Waals surface area contributed by atoms with Crippen LogP contribution in [0.5, 0.6) is 5.75 Å². The molecule has 0 unspecified atom stereocenters. The Balaban J connectivity index is 1.44. The van der Waals surface area contributed by atoms with Crippen molar-refractivity contribution in [3.8, 4) is 22.7 Å². The molecule has 1 aliphatic rings. The molecule has 1 aromatic heterocycles. The summed E-state index contributed by atoms with van der Waals surface area (Å²) in [5.41, 5.74) is 4.74. The topological polar surface area (TPSA) is 81.5 Å². The lowest BCUT2D eigenvalue weighted by Crippen LogP contribution is -2.30. The van der Waals surface area contributed by atoms with Crippen LogP contribution in [0.1, 0.15) is 21.6 Å². The second-order valence-electron chi connectivity index (χ2n) is 8.18. The van der Waals surface area contributed by atoms with Crippen LogP contribution in [0.2, 0.25) is 0 Å². The number of allylic oxidation sites excluding steroid dienone is 1. The van der Waals surface area contributed by atoms with Gasteiger partial charge in [-0.3, -0.25) is 9.10 Å². The first-order chi connectivity index (χ1) is 16.8. The van der Waals surface area contributed by atoms with Gasteiger partial charge in [0.2, 0.25) is 0 Å². The number of aromatic nitrogens is 2. The van der Waals surface area contributed by atoms with Crippen LogP contribution in [0.25, 0.3) is 23.0 Å². The molecule has 0 atom stereocenters. The molecule has 35 heavy (non-hydrogen) atoms. The molecule has 0 aliphatic carbocycles. The van der Waals surface area contributed by atoms with Crippen LogP contribution in [-0.2, 0) is 10.0 Å². The summed E-state index contributed by atoms with van der Waals surface area (Å²) in [7, 11) is -0.508. The number of benzene rings is 3. The zero-order chi connectivity index (χ0) is 24.7. The quantitative estimate of drug-likeness (QED) is 0.297. The molecule has 0 radical (unpaired) electrons. The molecule has 8 heteroatoms. The Labute approximate surface area is 203 Å². The van der Waals surface area contributed by atoms with Crippen molar-refractivity contribution >= 4 is 27.6 Å². The molecule has 4 aromatic rings. The normalized spacial score (nSPS) is 14.0. The van der Waals surface area contributed by atoms with Gasteiger partial charge in [0.15, 0.2) is 5.78 Å². The van der Waals surface area contributed by atoms with Gasteiger partial charge in [0.05, 0.1) is 23.4 Å². The van der Waals surface area contributed by atoms with Gasteiger partial charge in [0.1, 0.15) is 17.1 Å². The third-order valence-corrected chi connectivity index (χ3v) is 7.94. The summed E-state index contributed by atoms with van der Waals surface area (Å²) < 4.78 is 34.2. The van der Waals surface area contributed by atoms with E-state index in [-0.39, 0.29) is 10.7 Å². The van der Waals surface area contributed by atoms with E-state index in [1.165, 1.54) is 10.4 Å². The van der Waals surface area contributed by atoms with Gasteiger partial charge in [0, 0.05) is 18.2 Å². The predicted octanol–water partition coefficient (Wildman–Crippen LogP) is 4.89. The smallest absolute Gasteiger partial charge is 0.264 e. The first-order valence-corrected chi connectivity index (χ1v) is 12.4. The number of ether oxygens (including phenoxy) is 1. The van der Waals surface area contributed by atoms with E-state index in [0.29, 0.717) is 28.3 Å². The molecule has 176 valence electrons. The fourth-order valence-electron chi connectivity index (χ4n) is 4.21. The average Bonchev–Trinajstić information content (AvgIpc) is 3.23. The zero-order valence-electron chi connectivity index (χ0n) is 19.5. The van der Waals surface area contributed by atoms with E-state index in [1.807, 2.05) is 37.3 Å². The summed E-state index contributed by atoms with van der Waals surface area (Å²) in [5, 5.41) is 4.76. The van der Waals surface area contributed by atoms with Crippen molar-refractivity contribution in [2.24, 2.45) is 0 Å². The molecule has 5 rings (SSSR count). The Hall–Kier alpha value is -4.17. The summed E-state index contributed by atoms with van der Waals surface area (Å²) in [6, 6.07) is 21.4. The molecule has 7 nitrogen and oxygen atoms in total. The maximum Gasteiger partial charge on any atom is 0.264 e. The van der Waals surface area contributed by atoms with Gasteiger partial charge >= 0.3 is 0 Å². The van der Waals surface area contributed by atoms with Crippen molar-refractivity contribution in [1.29, 1.82) is 0 Å². The lowest BCUT2D eigenvalue weighted by molar-refractivity contribution is 0.104. The van der Waals surface area contributed by atoms with Crippen LogP contribution in [0.15, 0.2) is 83.8 Å². The van der Waals surface area contributed by atoms with E-state index in [2.05, 4.69) is 0 Å². The summed E-state index contributed by atoms with van der Waals surface area (Å²) >= 11 is 0. The predicted molar refractivity (Wildman–Crippen MR) is 136 cm³/mol. The van der Waals surface area contributed by atoms with Crippen LogP contribution in [0, 0.1) is 6.92 Å². The van der Waals surface area contributed by atoms with Crippen molar-refractivity contribution in [2.75, 3.05) is 18.5 Å². The van der Waals surface area contributed by atoms with Crippen LogP contribution >= 0.6 is 0 Å². The molecule has 0 spiro atoms. The van der Waals surface area contributed by atoms with Crippen LogP contribution < -0.4 is 9.04 Å². The minimum atomic E-state index is -3.64. The molecule has 0 saturated carbocycles. The van der Waals surface area contributed by atoms with Crippen molar-refractivity contribution < 1.29 is 17.9 Å². The van der Waals surface area contributed by atoms with Gasteiger partial charge in [-0.05, 0) is 61.0 Å². The molecular formula is C27H23N3O4S. The monoisotopic (exact) mass is 485 g/mol. The largest absolute Gasteiger partial charge is 0.497 e. The first kappa shape index (κ1) is 22.6. The highest BCUT2D eigenvalue weighted by atomic mass is 32.2. The average molecular weight is 486 g/mol. The maximum atomic E-state index is 13.0. The minimum Gasteiger partial charge on any atom is -0.497 e. The number of sulfonamides is 1. The molecule has 3 aromatic carbocycles. The highest BCUT2D eigenvalue weighted by molar-refractivity contribution is 7.93.